The molecule has 0 spiro atoms. The second kappa shape index (κ2) is 9.03. The zero-order valence-electron chi connectivity index (χ0n) is 15.4. The van der Waals surface area contributed by atoms with Crippen LogP contribution in [0, 0.1) is 5.92 Å². The van der Waals surface area contributed by atoms with Crippen molar-refractivity contribution in [1.82, 2.24) is 15.5 Å². The highest BCUT2D eigenvalue weighted by Crippen LogP contribution is 2.21. The Bertz CT molecular complexity index is 787. The number of nitrogens with one attached hydrogen (secondary N) is 2. The minimum atomic E-state index is -0.963. The van der Waals surface area contributed by atoms with Crippen LogP contribution in [0.2, 0.25) is 0 Å². The van der Waals surface area contributed by atoms with Crippen LogP contribution in [0.1, 0.15) is 23.6 Å². The Kier molecular flexibility index (Phi) is 6.26. The first kappa shape index (κ1) is 19.4. The summed E-state index contributed by atoms with van der Waals surface area (Å²) in [6, 6.07) is 18.7. The van der Waals surface area contributed by atoms with E-state index in [4.69, 9.17) is 5.11 Å². The van der Waals surface area contributed by atoms with E-state index >= 15 is 0 Å². The van der Waals surface area contributed by atoms with Crippen LogP contribution >= 0.6 is 0 Å². The van der Waals surface area contributed by atoms with Gasteiger partial charge in [0.15, 0.2) is 0 Å². The van der Waals surface area contributed by atoms with Crippen molar-refractivity contribution in [3.8, 4) is 0 Å². The number of rotatable bonds is 7. The predicted octanol–water partition coefficient (Wildman–Crippen LogP) is 2.01. The van der Waals surface area contributed by atoms with Crippen LogP contribution in [0.15, 0.2) is 60.7 Å². The molecule has 0 aromatic heterocycles. The lowest BCUT2D eigenvalue weighted by atomic mass is 9.99. The van der Waals surface area contributed by atoms with Crippen LogP contribution in [0.3, 0.4) is 0 Å². The molecule has 2 aromatic rings. The van der Waals surface area contributed by atoms with Crippen molar-refractivity contribution < 1.29 is 19.5 Å². The van der Waals surface area contributed by atoms with Crippen molar-refractivity contribution in [2.75, 3.05) is 19.6 Å². The average molecular weight is 381 g/mol. The molecule has 3 amide bonds. The lowest BCUT2D eigenvalue weighted by molar-refractivity contribution is -0.141. The third-order valence-electron chi connectivity index (χ3n) is 4.77. The Morgan fingerprint density at radius 3 is 2.11 bits per heavy atom. The molecule has 7 heteroatoms. The molecule has 0 aliphatic carbocycles. The van der Waals surface area contributed by atoms with E-state index in [1.807, 2.05) is 60.7 Å². The molecule has 1 aliphatic heterocycles. The number of hydrogen-bond acceptors (Lipinski definition) is 3. The molecule has 7 nitrogen and oxygen atoms in total. The molecule has 0 bridgehead atoms. The molecule has 1 atom stereocenters. The van der Waals surface area contributed by atoms with Gasteiger partial charge in [0.05, 0.1) is 12.0 Å². The summed E-state index contributed by atoms with van der Waals surface area (Å²) in [4.78, 5) is 36.7. The summed E-state index contributed by atoms with van der Waals surface area (Å²) in [5, 5.41) is 14.7. The van der Waals surface area contributed by atoms with Crippen molar-refractivity contribution >= 4 is 17.9 Å². The zero-order valence-corrected chi connectivity index (χ0v) is 15.4. The van der Waals surface area contributed by atoms with Gasteiger partial charge in [-0.1, -0.05) is 60.7 Å². The van der Waals surface area contributed by atoms with Crippen molar-refractivity contribution in [2.45, 2.75) is 12.5 Å². The van der Waals surface area contributed by atoms with Crippen molar-refractivity contribution in [1.29, 1.82) is 0 Å². The standard InChI is InChI=1S/C21H23N3O4/c25-18-13-17(20(26)27)14-24(18)12-11-22-21(28)23-19(15-7-3-1-4-8-15)16-9-5-2-6-10-16/h1-10,17,19H,11-14H2,(H,26,27)(H2,22,23,28). The van der Waals surface area contributed by atoms with E-state index < -0.39 is 11.9 Å². The summed E-state index contributed by atoms with van der Waals surface area (Å²) < 4.78 is 0. The molecular formula is C21H23N3O4. The van der Waals surface area contributed by atoms with E-state index in [1.54, 1.807) is 0 Å². The van der Waals surface area contributed by atoms with Crippen LogP contribution < -0.4 is 10.6 Å². The zero-order chi connectivity index (χ0) is 19.9. The van der Waals surface area contributed by atoms with Gasteiger partial charge in [-0.15, -0.1) is 0 Å². The van der Waals surface area contributed by atoms with Crippen LogP contribution in [-0.4, -0.2) is 47.5 Å². The molecule has 146 valence electrons. The summed E-state index contributed by atoms with van der Waals surface area (Å²) in [5.74, 6) is -1.82. The second-order valence-electron chi connectivity index (χ2n) is 6.73. The molecule has 3 N–H and O–H groups in total. The molecule has 1 saturated heterocycles. The summed E-state index contributed by atoms with van der Waals surface area (Å²) in [6.45, 7) is 0.728. The Hall–Kier alpha value is -3.35. The molecule has 3 rings (SSSR count). The maximum atomic E-state index is 12.4. The lowest BCUT2D eigenvalue weighted by Gasteiger charge is -2.21. The summed E-state index contributed by atoms with van der Waals surface area (Å²) >= 11 is 0. The number of carboxylic acid groups (broad SMARTS) is 1. The fourth-order valence-electron chi connectivity index (χ4n) is 3.29. The van der Waals surface area contributed by atoms with Gasteiger partial charge in [-0.05, 0) is 11.1 Å². The Balaban J connectivity index is 1.56. The highest BCUT2D eigenvalue weighted by Gasteiger charge is 2.33. The van der Waals surface area contributed by atoms with E-state index in [9.17, 15) is 14.4 Å². The monoisotopic (exact) mass is 381 g/mol. The number of likely N-dealkylation sites (tertiary alicyclic amines) is 1. The summed E-state index contributed by atoms with van der Waals surface area (Å²) in [6.07, 6.45) is 0.0195. The van der Waals surface area contributed by atoms with Crippen molar-refractivity contribution in [3.05, 3.63) is 71.8 Å². The van der Waals surface area contributed by atoms with Gasteiger partial charge in [0.1, 0.15) is 0 Å². The van der Waals surface area contributed by atoms with Crippen LogP contribution in [-0.2, 0) is 9.59 Å². The van der Waals surface area contributed by atoms with E-state index in [0.717, 1.165) is 11.1 Å². The van der Waals surface area contributed by atoms with Gasteiger partial charge in [0, 0.05) is 26.1 Å². The molecular weight excluding hydrogens is 358 g/mol. The second-order valence-corrected chi connectivity index (χ2v) is 6.73. The SMILES string of the molecule is O=C(NCCN1CC(C(=O)O)CC1=O)NC(c1ccccc1)c1ccccc1. The van der Waals surface area contributed by atoms with Crippen LogP contribution in [0.5, 0.6) is 0 Å². The fraction of sp³-hybridized carbons (Fsp3) is 0.286. The van der Waals surface area contributed by atoms with E-state index in [-0.39, 0.29) is 44.0 Å². The van der Waals surface area contributed by atoms with Crippen LogP contribution in [0.25, 0.3) is 0 Å². The van der Waals surface area contributed by atoms with Gasteiger partial charge in [0.2, 0.25) is 5.91 Å². The highest BCUT2D eigenvalue weighted by molar-refractivity contribution is 5.86. The number of carboxylic acids is 1. The van der Waals surface area contributed by atoms with Crippen LogP contribution in [0.4, 0.5) is 4.79 Å². The Morgan fingerprint density at radius 2 is 1.61 bits per heavy atom. The number of hydrogen-bond donors (Lipinski definition) is 3. The maximum absolute atomic E-state index is 12.4. The highest BCUT2D eigenvalue weighted by atomic mass is 16.4. The van der Waals surface area contributed by atoms with Gasteiger partial charge in [0.25, 0.3) is 0 Å². The number of nitrogens with zero attached hydrogens (tertiary/aromatic N) is 1. The third kappa shape index (κ3) is 4.88. The van der Waals surface area contributed by atoms with Crippen molar-refractivity contribution in [3.63, 3.8) is 0 Å². The quantitative estimate of drug-likeness (QED) is 0.683. The van der Waals surface area contributed by atoms with Gasteiger partial charge >= 0.3 is 12.0 Å². The first-order valence-corrected chi connectivity index (χ1v) is 9.19. The minimum Gasteiger partial charge on any atom is -0.481 e. The number of urea groups is 1. The fourth-order valence-corrected chi connectivity index (χ4v) is 3.29. The minimum absolute atomic E-state index is 0.0195. The molecule has 2 aromatic carbocycles. The molecule has 28 heavy (non-hydrogen) atoms. The molecule has 1 unspecified atom stereocenters. The number of carbonyl (C=O) groups is 3. The maximum Gasteiger partial charge on any atom is 0.315 e. The molecule has 0 radical (unpaired) electrons. The largest absolute Gasteiger partial charge is 0.481 e. The smallest absolute Gasteiger partial charge is 0.315 e. The molecule has 1 heterocycles. The average Bonchev–Trinajstić information content (AvgIpc) is 3.08. The summed E-state index contributed by atoms with van der Waals surface area (Å²) in [7, 11) is 0. The van der Waals surface area contributed by atoms with E-state index in [2.05, 4.69) is 10.6 Å². The molecule has 1 aliphatic rings. The van der Waals surface area contributed by atoms with E-state index in [0.29, 0.717) is 0 Å². The third-order valence-corrected chi connectivity index (χ3v) is 4.77. The first-order chi connectivity index (χ1) is 13.5. The first-order valence-electron chi connectivity index (χ1n) is 9.19. The Labute approximate surface area is 163 Å². The van der Waals surface area contributed by atoms with Gasteiger partial charge in [-0.3, -0.25) is 9.59 Å². The molecule has 1 fully saturated rings. The summed E-state index contributed by atoms with van der Waals surface area (Å²) in [5.41, 5.74) is 1.92. The van der Waals surface area contributed by atoms with E-state index in [1.165, 1.54) is 4.90 Å². The van der Waals surface area contributed by atoms with Gasteiger partial charge < -0.3 is 20.6 Å². The number of aliphatic carboxylic acids is 1. The van der Waals surface area contributed by atoms with Gasteiger partial charge in [-0.2, -0.15) is 0 Å². The predicted molar refractivity (Wildman–Crippen MR) is 104 cm³/mol. The van der Waals surface area contributed by atoms with Crippen molar-refractivity contribution in [2.24, 2.45) is 5.92 Å². The number of amides is 3. The number of carbonyl (C=O) groups excluding carboxylic acids is 2. The Morgan fingerprint density at radius 1 is 1.04 bits per heavy atom. The topological polar surface area (TPSA) is 98.7 Å². The number of benzene rings is 2. The normalized spacial score (nSPS) is 16.2. The van der Waals surface area contributed by atoms with Gasteiger partial charge in [-0.25, -0.2) is 4.79 Å². The molecule has 0 saturated carbocycles. The lowest BCUT2D eigenvalue weighted by Crippen LogP contribution is -2.42.